The zero-order chi connectivity index (χ0) is 64.9. The molecule has 450 valence electrons. The Balaban J connectivity index is 0.000000594. The van der Waals surface area contributed by atoms with E-state index in [2.05, 4.69) is 26.0 Å². The summed E-state index contributed by atoms with van der Waals surface area (Å²) in [5.74, 6) is -2.33. The van der Waals surface area contributed by atoms with Gasteiger partial charge in [0.1, 0.15) is 18.7 Å². The van der Waals surface area contributed by atoms with Crippen molar-refractivity contribution >= 4 is 17.7 Å². The summed E-state index contributed by atoms with van der Waals surface area (Å²) in [4.78, 5) is 106. The lowest BCUT2D eigenvalue weighted by Crippen LogP contribution is -2.43. The van der Waals surface area contributed by atoms with Gasteiger partial charge in [0.15, 0.2) is 0 Å². The van der Waals surface area contributed by atoms with Crippen LogP contribution in [-0.4, -0.2) is 178 Å². The summed E-state index contributed by atoms with van der Waals surface area (Å²) in [7, 11) is 3.88. The molecule has 0 aliphatic carbocycles. The van der Waals surface area contributed by atoms with E-state index in [0.717, 1.165) is 26.5 Å². The van der Waals surface area contributed by atoms with Crippen molar-refractivity contribution in [3.63, 3.8) is 0 Å². The first-order valence-corrected chi connectivity index (χ1v) is 24.5. The fraction of sp³-hybridized carbons (Fsp3) is 0.688. The number of nitrogens with one attached hydrogen (secondary N) is 3. The molecule has 3 aliphatic rings. The highest BCUT2D eigenvalue weighted by molar-refractivity contribution is 5.81. The van der Waals surface area contributed by atoms with Crippen LogP contribution in [0.25, 0.3) is 0 Å². The number of aliphatic hydroxyl groups is 6. The Bertz CT molecular complexity index is 2770. The van der Waals surface area contributed by atoms with Crippen LogP contribution in [0.1, 0.15) is 98.3 Å². The van der Waals surface area contributed by atoms with Crippen molar-refractivity contribution in [3.05, 3.63) is 97.8 Å². The molecule has 0 radical (unpaired) electrons. The minimum absolute atomic E-state index is 0.00659. The molecule has 3 aliphatic heterocycles. The van der Waals surface area contributed by atoms with Crippen molar-refractivity contribution in [2.24, 2.45) is 0 Å². The quantitative estimate of drug-likeness (QED) is 0.0546. The molecule has 79 heavy (non-hydrogen) atoms. The molecule has 3 amide bonds. The first kappa shape index (κ1) is 60.5. The van der Waals surface area contributed by atoms with Gasteiger partial charge in [0, 0.05) is 122 Å². The molecule has 31 heteroatoms. The molecule has 6 heterocycles. The summed E-state index contributed by atoms with van der Waals surface area (Å²) in [6, 6.07) is 0. The highest BCUT2D eigenvalue weighted by Gasteiger charge is 2.38. The molecule has 9 unspecified atom stereocenters. The molecular formula is C48H78F3N9O19. The van der Waals surface area contributed by atoms with Gasteiger partial charge in [0.2, 0.25) is 16.1 Å². The molecule has 3 aromatic heterocycles. The van der Waals surface area contributed by atoms with E-state index >= 15 is 0 Å². The van der Waals surface area contributed by atoms with Crippen molar-refractivity contribution in [2.75, 3.05) is 73.9 Å². The Kier molecular flexibility index (Phi) is 27.7. The molecule has 0 bridgehead atoms. The van der Waals surface area contributed by atoms with Gasteiger partial charge in [-0.1, -0.05) is 0 Å². The number of carbonyl (C=O) groups is 3. The topological polar surface area (TPSA) is 378 Å². The predicted molar refractivity (Wildman–Crippen MR) is 276 cm³/mol. The van der Waals surface area contributed by atoms with Crippen molar-refractivity contribution in [1.82, 2.24) is 43.4 Å². The van der Waals surface area contributed by atoms with Crippen LogP contribution in [-0.2, 0) is 53.0 Å². The second-order valence-corrected chi connectivity index (χ2v) is 17.2. The third kappa shape index (κ3) is 22.8. The highest BCUT2D eigenvalue weighted by atomic mass is 19.4. The van der Waals surface area contributed by atoms with Gasteiger partial charge in [-0.2, -0.15) is 13.2 Å². The summed E-state index contributed by atoms with van der Waals surface area (Å²) in [5, 5.41) is 46.3. The molecule has 0 aromatic carbocycles. The van der Waals surface area contributed by atoms with Gasteiger partial charge >= 0.3 is 29.2 Å². The number of aliphatic hydroxyl groups excluding tert-OH is 6. The standard InChI is InChI=1S/C16H25N3O5.C15H23N3O6.C14H18F3N3O5.3CH4O/c1-11-9-19(14-8-13(21)10-24-14)16(23)18(15(11)22)7-5-3-4-6-17-12(2)20;1-10-8-18(13-7-12(20)9-24-13)15(22)17(14(10)21)4-6-23-5-3-16-11(2)19;1-8-6-20(10-5-9(21)7-25-10)13(24)19(11(8)22)4-2-3-18-12(23)14(15,16)17;3*1-2/h9,13-14,21H,3-8,10H2,1-2H3,(H,17,20);8,12-13,20H,3-7,9H2,1-2H3,(H,16,19);6,9-10,21H,2-5,7H2,1H3,(H,18,23);3*2H,1H3/i10D;9D;7D;3*2T. The lowest BCUT2D eigenvalue weighted by atomic mass is 10.2. The maximum atomic E-state index is 12.6. The van der Waals surface area contributed by atoms with Crippen LogP contribution in [0.5, 0.6) is 0 Å². The van der Waals surface area contributed by atoms with E-state index in [1.807, 2.05) is 0 Å². The summed E-state index contributed by atoms with van der Waals surface area (Å²) in [6.45, 7) is 5.15. The Morgan fingerprint density at radius 3 is 1.28 bits per heavy atom. The van der Waals surface area contributed by atoms with E-state index in [4.69, 9.17) is 27.4 Å². The van der Waals surface area contributed by atoms with Crippen LogP contribution in [0.4, 0.5) is 13.2 Å². The predicted octanol–water partition coefficient (Wildman–Crippen LogP) is -2.85. The monoisotopic (exact) mass is 1150 g/mol. The molecule has 3 fully saturated rings. The van der Waals surface area contributed by atoms with E-state index in [9.17, 15) is 71.6 Å². The van der Waals surface area contributed by atoms with Gasteiger partial charge in [-0.05, 0) is 46.5 Å². The first-order chi connectivity index (χ1) is 39.9. The number of hydrogen-bond acceptors (Lipinski definition) is 19. The molecule has 9 N–H and O–H groups in total. The van der Waals surface area contributed by atoms with E-state index in [1.54, 1.807) is 19.2 Å². The van der Waals surface area contributed by atoms with E-state index in [-0.39, 0.29) is 88.0 Å². The average Bonchev–Trinajstić information content (AvgIpc) is 3.51. The summed E-state index contributed by atoms with van der Waals surface area (Å²) >= 11 is 0. The largest absolute Gasteiger partial charge is 0.471 e. The number of amides is 3. The average molecular weight is 1150 g/mol. The Morgan fingerprint density at radius 2 is 0.937 bits per heavy atom. The number of hydrogen-bond donors (Lipinski definition) is 9. The van der Waals surface area contributed by atoms with Gasteiger partial charge < -0.3 is 65.5 Å². The molecule has 3 aromatic rings. The normalized spacial score (nSPS) is 22.9. The number of nitrogens with zero attached hydrogens (tertiary/aromatic N) is 6. The van der Waals surface area contributed by atoms with Gasteiger partial charge in [0.05, 0.1) is 61.9 Å². The number of aromatic nitrogens is 6. The van der Waals surface area contributed by atoms with Crippen molar-refractivity contribution < 1.29 is 81.3 Å². The molecular weight excluding hydrogens is 1060 g/mol. The maximum Gasteiger partial charge on any atom is 0.471 e. The van der Waals surface area contributed by atoms with Crippen LogP contribution in [0.2, 0.25) is 0 Å². The number of unbranched alkanes of at least 4 members (excludes halogenated alkanes) is 2. The Morgan fingerprint density at radius 1 is 0.595 bits per heavy atom. The van der Waals surface area contributed by atoms with Crippen molar-refractivity contribution in [1.29, 1.82) is 4.29 Å². The van der Waals surface area contributed by atoms with Gasteiger partial charge in [-0.3, -0.25) is 56.2 Å². The van der Waals surface area contributed by atoms with Crippen molar-refractivity contribution in [3.8, 4) is 0 Å². The Hall–Kier alpha value is -6.16. The van der Waals surface area contributed by atoms with Gasteiger partial charge in [-0.15, -0.1) is 0 Å². The minimum atomic E-state index is -5.00. The number of carbonyl (C=O) groups excluding carboxylic acids is 3. The highest BCUT2D eigenvalue weighted by Crippen LogP contribution is 2.23. The van der Waals surface area contributed by atoms with E-state index in [1.165, 1.54) is 74.4 Å². The van der Waals surface area contributed by atoms with Crippen LogP contribution < -0.4 is 49.7 Å². The SMILES string of the molecule is [2H]C1OC(n2cc(C)c(=O)n(CCCCCNC(C)=O)c2=O)CC1O.[2H]C1OC(n2cc(C)c(=O)n(CCCNC(=O)C(F)(F)F)c2=O)CC1O.[2H]C1OC(n2cc(C)c(=O)n(CCOCCNC(C)=O)c2=O)CC1O.[3H]OC.[3H]OC.[3H]OC. The lowest BCUT2D eigenvalue weighted by molar-refractivity contribution is -0.173. The second kappa shape index (κ2) is 36.2. The summed E-state index contributed by atoms with van der Waals surface area (Å²) in [5.41, 5.74) is -2.28. The van der Waals surface area contributed by atoms with Crippen LogP contribution in [0.3, 0.4) is 0 Å². The minimum Gasteiger partial charge on any atom is -0.400 e. The zero-order valence-electron chi connectivity index (χ0n) is 51.2. The van der Waals surface area contributed by atoms with E-state index in [0.29, 0.717) is 30.6 Å². The smallest absolute Gasteiger partial charge is 0.400 e. The number of rotatable bonds is 19. The number of ether oxygens (including phenoxy) is 4. The van der Waals surface area contributed by atoms with Crippen LogP contribution in [0.15, 0.2) is 47.4 Å². The molecule has 0 saturated carbocycles. The lowest BCUT2D eigenvalue weighted by Gasteiger charge is -2.16. The third-order valence-electron chi connectivity index (χ3n) is 11.2. The van der Waals surface area contributed by atoms with Gasteiger partial charge in [0.25, 0.3) is 16.7 Å². The zero-order valence-corrected chi connectivity index (χ0v) is 45.2. The Labute approximate surface area is 460 Å². The second-order valence-electron chi connectivity index (χ2n) is 17.2. The molecule has 9 atom stereocenters. The summed E-state index contributed by atoms with van der Waals surface area (Å²) < 4.78 is 104. The molecule has 6 rings (SSSR count). The van der Waals surface area contributed by atoms with E-state index < -0.39 is 97.0 Å². The fourth-order valence-corrected chi connectivity index (χ4v) is 7.45. The first-order valence-electron chi connectivity index (χ1n) is 27.5. The third-order valence-corrected chi connectivity index (χ3v) is 11.2. The van der Waals surface area contributed by atoms with Crippen molar-refractivity contribution in [2.45, 2.75) is 142 Å². The number of halogens is 3. The fourth-order valence-electron chi connectivity index (χ4n) is 7.45. The molecule has 28 nitrogen and oxygen atoms in total. The van der Waals surface area contributed by atoms with Crippen LogP contribution >= 0.6 is 0 Å². The number of alkyl halides is 3. The molecule has 0 spiro atoms. The van der Waals surface area contributed by atoms with Crippen LogP contribution in [0, 0.1) is 20.8 Å². The maximum absolute atomic E-state index is 12.6. The van der Waals surface area contributed by atoms with Gasteiger partial charge in [-0.25, -0.2) is 14.4 Å². The number of aryl methyl sites for hydroxylation is 3. The summed E-state index contributed by atoms with van der Waals surface area (Å²) in [6.07, 6.45) is -4.05. The molecule has 3 saturated heterocycles.